The Labute approximate surface area is 139 Å². The first kappa shape index (κ1) is 19.2. The molecule has 0 aromatic heterocycles. The number of hydrogen-bond acceptors (Lipinski definition) is 0. The van der Waals surface area contributed by atoms with Crippen molar-refractivity contribution in [1.82, 2.24) is 0 Å². The minimum Gasteiger partial charge on any atom is -0.325 e. The second-order valence-electron chi connectivity index (χ2n) is 7.78. The molecule has 0 saturated carbocycles. The first-order valence-electron chi connectivity index (χ1n) is 9.39. The molecule has 0 amide bonds. The van der Waals surface area contributed by atoms with Crippen molar-refractivity contribution in [3.63, 3.8) is 0 Å². The van der Waals surface area contributed by atoms with E-state index in [-0.39, 0.29) is 0 Å². The zero-order chi connectivity index (χ0) is 16.3. The van der Waals surface area contributed by atoms with Crippen molar-refractivity contribution in [1.29, 1.82) is 0 Å². The average molecular weight is 305 g/mol. The fourth-order valence-corrected chi connectivity index (χ4v) is 3.53. The number of nitrogens with zero attached hydrogens (tertiary/aromatic N) is 1. The smallest absolute Gasteiger partial charge is 0.104 e. The minimum absolute atomic E-state index is 0.828. The van der Waals surface area contributed by atoms with Gasteiger partial charge in [-0.1, -0.05) is 89.1 Å². The molecule has 0 N–H and O–H groups in total. The predicted octanol–water partition coefficient (Wildman–Crippen LogP) is 6.04. The Morgan fingerprint density at radius 2 is 1.45 bits per heavy atom. The van der Waals surface area contributed by atoms with Crippen LogP contribution in [0.15, 0.2) is 30.3 Å². The lowest BCUT2D eigenvalue weighted by molar-refractivity contribution is -0.906. The lowest BCUT2D eigenvalue weighted by Crippen LogP contribution is -2.42. The molecule has 1 heteroatoms. The Balaban J connectivity index is 2.16. The van der Waals surface area contributed by atoms with Crippen molar-refractivity contribution >= 4 is 0 Å². The monoisotopic (exact) mass is 304 g/mol. The van der Waals surface area contributed by atoms with Crippen molar-refractivity contribution in [2.75, 3.05) is 20.6 Å². The highest BCUT2D eigenvalue weighted by Gasteiger charge is 2.19. The number of rotatable bonds is 12. The molecule has 0 bridgehead atoms. The minimum atomic E-state index is 0.828. The molecule has 1 rings (SSSR count). The summed E-state index contributed by atoms with van der Waals surface area (Å²) in [4.78, 5) is 0. The molecule has 0 aliphatic heterocycles. The second-order valence-corrected chi connectivity index (χ2v) is 7.78. The van der Waals surface area contributed by atoms with Gasteiger partial charge in [0.2, 0.25) is 0 Å². The lowest BCUT2D eigenvalue weighted by Gasteiger charge is -2.32. The molecule has 126 valence electrons. The van der Waals surface area contributed by atoms with Crippen molar-refractivity contribution < 1.29 is 4.48 Å². The maximum absolute atomic E-state index is 2.43. The molecule has 1 nitrogen and oxygen atoms in total. The summed E-state index contributed by atoms with van der Waals surface area (Å²) in [6.45, 7) is 7.14. The highest BCUT2D eigenvalue weighted by Crippen LogP contribution is 2.17. The van der Waals surface area contributed by atoms with E-state index in [9.17, 15) is 0 Å². The van der Waals surface area contributed by atoms with Gasteiger partial charge in [-0.3, -0.25) is 0 Å². The van der Waals surface area contributed by atoms with Crippen LogP contribution in [0, 0.1) is 5.92 Å². The summed E-state index contributed by atoms with van der Waals surface area (Å²) in [5.41, 5.74) is 1.45. The molecule has 0 radical (unpaired) electrons. The summed E-state index contributed by atoms with van der Waals surface area (Å²) in [7, 11) is 4.74. The van der Waals surface area contributed by atoms with Gasteiger partial charge < -0.3 is 4.48 Å². The summed E-state index contributed by atoms with van der Waals surface area (Å²) in [5, 5.41) is 0. The van der Waals surface area contributed by atoms with E-state index in [0.717, 1.165) is 16.9 Å². The topological polar surface area (TPSA) is 0 Å². The summed E-state index contributed by atoms with van der Waals surface area (Å²) >= 11 is 0. The van der Waals surface area contributed by atoms with Gasteiger partial charge in [0.1, 0.15) is 6.54 Å². The van der Waals surface area contributed by atoms with Gasteiger partial charge >= 0.3 is 0 Å². The van der Waals surface area contributed by atoms with Crippen LogP contribution in [-0.4, -0.2) is 25.1 Å². The van der Waals surface area contributed by atoms with Gasteiger partial charge in [-0.25, -0.2) is 0 Å². The lowest BCUT2D eigenvalue weighted by atomic mass is 10.00. The summed E-state index contributed by atoms with van der Waals surface area (Å²) in [6.07, 6.45) is 11.3. The van der Waals surface area contributed by atoms with E-state index in [1.807, 2.05) is 0 Å². The van der Waals surface area contributed by atoms with Gasteiger partial charge in [0.15, 0.2) is 0 Å². The molecule has 0 aliphatic carbocycles. The van der Waals surface area contributed by atoms with E-state index in [4.69, 9.17) is 0 Å². The number of benzene rings is 1. The highest BCUT2D eigenvalue weighted by atomic mass is 15.3. The molecule has 0 heterocycles. The third kappa shape index (κ3) is 9.25. The number of hydrogen-bond donors (Lipinski definition) is 0. The van der Waals surface area contributed by atoms with Crippen LogP contribution >= 0.6 is 0 Å². The average Bonchev–Trinajstić information content (AvgIpc) is 2.46. The first-order valence-corrected chi connectivity index (χ1v) is 9.39. The van der Waals surface area contributed by atoms with Crippen LogP contribution in [0.1, 0.15) is 70.8 Å². The zero-order valence-corrected chi connectivity index (χ0v) is 15.5. The fraction of sp³-hybridized carbons (Fsp3) is 0.714. The van der Waals surface area contributed by atoms with Crippen LogP contribution in [0.4, 0.5) is 0 Å². The maximum atomic E-state index is 2.43. The molecule has 0 spiro atoms. The summed E-state index contributed by atoms with van der Waals surface area (Å²) in [6, 6.07) is 10.9. The van der Waals surface area contributed by atoms with E-state index in [1.54, 1.807) is 0 Å². The molecule has 22 heavy (non-hydrogen) atoms. The third-order valence-corrected chi connectivity index (χ3v) is 4.56. The fourth-order valence-electron chi connectivity index (χ4n) is 3.53. The van der Waals surface area contributed by atoms with E-state index in [0.29, 0.717) is 0 Å². The van der Waals surface area contributed by atoms with Crippen LogP contribution in [-0.2, 0) is 6.54 Å². The Bertz CT molecular complexity index is 369. The molecule has 0 aliphatic rings. The maximum Gasteiger partial charge on any atom is 0.104 e. The van der Waals surface area contributed by atoms with E-state index in [1.165, 1.54) is 63.5 Å². The summed E-state index contributed by atoms with van der Waals surface area (Å²) < 4.78 is 1.10. The van der Waals surface area contributed by atoms with Crippen molar-refractivity contribution in [2.24, 2.45) is 5.92 Å². The Morgan fingerprint density at radius 1 is 0.864 bits per heavy atom. The first-order chi connectivity index (χ1) is 10.5. The van der Waals surface area contributed by atoms with Crippen molar-refractivity contribution in [3.8, 4) is 0 Å². The SMILES string of the molecule is CCCCCCCCCC(C)C[N+](C)(C)Cc1ccccc1. The predicted molar refractivity (Wildman–Crippen MR) is 98.9 cm³/mol. The molecule has 0 fully saturated rings. The van der Waals surface area contributed by atoms with Gasteiger partial charge in [-0.05, 0) is 6.42 Å². The van der Waals surface area contributed by atoms with Crippen molar-refractivity contribution in [3.05, 3.63) is 35.9 Å². The normalized spacial score (nSPS) is 13.3. The van der Waals surface area contributed by atoms with E-state index in [2.05, 4.69) is 58.3 Å². The second kappa shape index (κ2) is 10.8. The quantitative estimate of drug-likeness (QED) is 0.326. The third-order valence-electron chi connectivity index (χ3n) is 4.56. The van der Waals surface area contributed by atoms with Gasteiger partial charge in [-0.2, -0.15) is 0 Å². The Hall–Kier alpha value is -0.820. The molecule has 1 aromatic rings. The standard InChI is InChI=1S/C21H38N/c1-5-6-7-8-9-10-12-15-20(2)18-22(3,4)19-21-16-13-11-14-17-21/h11,13-14,16-17,20H,5-10,12,15,18-19H2,1-4H3/q+1. The molecule has 0 saturated heterocycles. The van der Waals surface area contributed by atoms with E-state index < -0.39 is 0 Å². The number of quaternary nitrogens is 1. The van der Waals surface area contributed by atoms with Gasteiger partial charge in [0, 0.05) is 11.5 Å². The van der Waals surface area contributed by atoms with Crippen LogP contribution in [0.2, 0.25) is 0 Å². The van der Waals surface area contributed by atoms with E-state index >= 15 is 0 Å². The van der Waals surface area contributed by atoms with Crippen LogP contribution in [0.5, 0.6) is 0 Å². The van der Waals surface area contributed by atoms with Gasteiger partial charge in [-0.15, -0.1) is 0 Å². The number of unbranched alkanes of at least 4 members (excludes halogenated alkanes) is 6. The molecule has 1 unspecified atom stereocenters. The van der Waals surface area contributed by atoms with Gasteiger partial charge in [0.05, 0.1) is 20.6 Å². The van der Waals surface area contributed by atoms with Crippen LogP contribution in [0.25, 0.3) is 0 Å². The molecular formula is C21H38N+. The Morgan fingerprint density at radius 3 is 2.09 bits per heavy atom. The molecule has 1 atom stereocenters. The van der Waals surface area contributed by atoms with Crippen LogP contribution in [0.3, 0.4) is 0 Å². The van der Waals surface area contributed by atoms with Crippen molar-refractivity contribution in [2.45, 2.75) is 71.8 Å². The zero-order valence-electron chi connectivity index (χ0n) is 15.5. The Kier molecular flexibility index (Phi) is 9.47. The summed E-state index contributed by atoms with van der Waals surface area (Å²) in [5.74, 6) is 0.828. The van der Waals surface area contributed by atoms with Crippen LogP contribution < -0.4 is 0 Å². The van der Waals surface area contributed by atoms with Gasteiger partial charge in [0.25, 0.3) is 0 Å². The largest absolute Gasteiger partial charge is 0.325 e. The molecule has 1 aromatic carbocycles. The molecular weight excluding hydrogens is 266 g/mol. The highest BCUT2D eigenvalue weighted by molar-refractivity contribution is 5.13.